The lowest BCUT2D eigenvalue weighted by atomic mass is 9.93. The topological polar surface area (TPSA) is 21.3 Å². The van der Waals surface area contributed by atoms with Gasteiger partial charge in [-0.2, -0.15) is 0 Å². The molecule has 0 saturated carbocycles. The summed E-state index contributed by atoms with van der Waals surface area (Å²) in [6, 6.07) is 0.650. The summed E-state index contributed by atoms with van der Waals surface area (Å²) in [4.78, 5) is 0. The van der Waals surface area contributed by atoms with Crippen LogP contribution in [0.25, 0.3) is 0 Å². The summed E-state index contributed by atoms with van der Waals surface area (Å²) in [6.45, 7) is 11.8. The zero-order valence-electron chi connectivity index (χ0n) is 11.0. The summed E-state index contributed by atoms with van der Waals surface area (Å²) in [5, 5.41) is 3.58. The molecular formula is C13H29NO. The largest absolute Gasteiger partial charge is 0.382 e. The predicted octanol–water partition coefficient (Wildman–Crippen LogP) is 3.22. The van der Waals surface area contributed by atoms with E-state index in [-0.39, 0.29) is 0 Å². The molecule has 0 radical (unpaired) electrons. The van der Waals surface area contributed by atoms with E-state index >= 15 is 0 Å². The van der Waals surface area contributed by atoms with Crippen molar-refractivity contribution in [3.05, 3.63) is 0 Å². The summed E-state index contributed by atoms with van der Waals surface area (Å²) in [7, 11) is 0. The van der Waals surface area contributed by atoms with Gasteiger partial charge in [0.15, 0.2) is 0 Å². The molecule has 2 nitrogen and oxygen atoms in total. The fourth-order valence-corrected chi connectivity index (χ4v) is 1.94. The molecule has 2 atom stereocenters. The highest BCUT2D eigenvalue weighted by atomic mass is 16.5. The molecule has 0 aliphatic heterocycles. The minimum atomic E-state index is 0.650. The number of hydrogen-bond donors (Lipinski definition) is 1. The number of nitrogens with one attached hydrogen (secondary N) is 1. The van der Waals surface area contributed by atoms with Crippen LogP contribution < -0.4 is 5.32 Å². The summed E-state index contributed by atoms with van der Waals surface area (Å²) >= 11 is 0. The number of ether oxygens (including phenoxy) is 1. The Balaban J connectivity index is 3.60. The van der Waals surface area contributed by atoms with E-state index in [4.69, 9.17) is 4.74 Å². The summed E-state index contributed by atoms with van der Waals surface area (Å²) in [5.74, 6) is 0.803. The van der Waals surface area contributed by atoms with Gasteiger partial charge in [-0.15, -0.1) is 0 Å². The molecule has 0 bridgehead atoms. The van der Waals surface area contributed by atoms with Crippen LogP contribution >= 0.6 is 0 Å². The molecule has 0 aliphatic rings. The maximum atomic E-state index is 5.37. The van der Waals surface area contributed by atoms with E-state index < -0.39 is 0 Å². The minimum Gasteiger partial charge on any atom is -0.382 e. The van der Waals surface area contributed by atoms with Gasteiger partial charge < -0.3 is 10.1 Å². The Labute approximate surface area is 95.8 Å². The van der Waals surface area contributed by atoms with Crippen molar-refractivity contribution < 1.29 is 4.74 Å². The third-order valence-electron chi connectivity index (χ3n) is 3.02. The normalized spacial score (nSPS) is 15.2. The van der Waals surface area contributed by atoms with E-state index in [1.54, 1.807) is 0 Å². The van der Waals surface area contributed by atoms with Crippen molar-refractivity contribution in [1.82, 2.24) is 5.32 Å². The molecule has 0 aromatic heterocycles. The lowest BCUT2D eigenvalue weighted by Crippen LogP contribution is -2.33. The van der Waals surface area contributed by atoms with Gasteiger partial charge in [-0.1, -0.05) is 20.3 Å². The molecule has 0 aliphatic carbocycles. The minimum absolute atomic E-state index is 0.650. The van der Waals surface area contributed by atoms with Gasteiger partial charge in [0.1, 0.15) is 0 Å². The fourth-order valence-electron chi connectivity index (χ4n) is 1.94. The van der Waals surface area contributed by atoms with Gasteiger partial charge in [0.05, 0.1) is 0 Å². The summed E-state index contributed by atoms with van der Waals surface area (Å²) < 4.78 is 5.37. The number of hydrogen-bond acceptors (Lipinski definition) is 2. The Hall–Kier alpha value is -0.0800. The molecule has 0 heterocycles. The van der Waals surface area contributed by atoms with Gasteiger partial charge in [-0.3, -0.25) is 0 Å². The molecule has 15 heavy (non-hydrogen) atoms. The standard InChI is InChI=1S/C13H29NO/c1-5-10-14-12(4)13(6-2)9-8-11-15-7-3/h12-14H,5-11H2,1-4H3. The van der Waals surface area contributed by atoms with Crippen LogP contribution in [0, 0.1) is 5.92 Å². The van der Waals surface area contributed by atoms with Crippen LogP contribution in [-0.2, 0) is 4.74 Å². The zero-order chi connectivity index (χ0) is 11.5. The van der Waals surface area contributed by atoms with E-state index in [0.29, 0.717) is 6.04 Å². The highest BCUT2D eigenvalue weighted by molar-refractivity contribution is 4.70. The molecule has 0 rings (SSSR count). The highest BCUT2D eigenvalue weighted by Gasteiger charge is 2.13. The van der Waals surface area contributed by atoms with Crippen molar-refractivity contribution in [3.63, 3.8) is 0 Å². The first kappa shape index (κ1) is 14.9. The van der Waals surface area contributed by atoms with E-state index in [2.05, 4.69) is 33.0 Å². The Bertz CT molecular complexity index is 128. The van der Waals surface area contributed by atoms with Crippen LogP contribution in [0.2, 0.25) is 0 Å². The molecule has 0 aromatic carbocycles. The van der Waals surface area contributed by atoms with Crippen LogP contribution in [0.15, 0.2) is 0 Å². The lowest BCUT2D eigenvalue weighted by Gasteiger charge is -2.23. The van der Waals surface area contributed by atoms with Crippen LogP contribution in [0.5, 0.6) is 0 Å². The van der Waals surface area contributed by atoms with Crippen LogP contribution in [0.1, 0.15) is 53.4 Å². The first-order chi connectivity index (χ1) is 7.26. The quantitative estimate of drug-likeness (QED) is 0.565. The fraction of sp³-hybridized carbons (Fsp3) is 1.00. The predicted molar refractivity (Wildman–Crippen MR) is 67.3 cm³/mol. The third kappa shape index (κ3) is 7.80. The van der Waals surface area contributed by atoms with Crippen molar-refractivity contribution in [2.45, 2.75) is 59.4 Å². The Morgan fingerprint density at radius 3 is 2.47 bits per heavy atom. The van der Waals surface area contributed by atoms with Gasteiger partial charge in [-0.05, 0) is 45.6 Å². The molecule has 0 fully saturated rings. The summed E-state index contributed by atoms with van der Waals surface area (Å²) in [6.07, 6.45) is 4.97. The van der Waals surface area contributed by atoms with Crippen molar-refractivity contribution in [1.29, 1.82) is 0 Å². The molecule has 1 N–H and O–H groups in total. The molecule has 2 unspecified atom stereocenters. The molecule has 92 valence electrons. The Kier molecular flexibility index (Phi) is 10.4. The first-order valence-electron chi connectivity index (χ1n) is 6.57. The Morgan fingerprint density at radius 1 is 1.20 bits per heavy atom. The lowest BCUT2D eigenvalue weighted by molar-refractivity contribution is 0.137. The van der Waals surface area contributed by atoms with Crippen LogP contribution in [0.3, 0.4) is 0 Å². The first-order valence-corrected chi connectivity index (χ1v) is 6.57. The molecule has 2 heteroatoms. The van der Waals surface area contributed by atoms with E-state index in [9.17, 15) is 0 Å². The maximum Gasteiger partial charge on any atom is 0.0466 e. The monoisotopic (exact) mass is 215 g/mol. The highest BCUT2D eigenvalue weighted by Crippen LogP contribution is 2.15. The third-order valence-corrected chi connectivity index (χ3v) is 3.02. The average molecular weight is 215 g/mol. The van der Waals surface area contributed by atoms with E-state index in [1.807, 2.05) is 0 Å². The van der Waals surface area contributed by atoms with E-state index in [0.717, 1.165) is 25.7 Å². The smallest absolute Gasteiger partial charge is 0.0466 e. The second kappa shape index (κ2) is 10.4. The van der Waals surface area contributed by atoms with Gasteiger partial charge in [0, 0.05) is 19.3 Å². The van der Waals surface area contributed by atoms with Gasteiger partial charge in [-0.25, -0.2) is 0 Å². The van der Waals surface area contributed by atoms with Gasteiger partial charge >= 0.3 is 0 Å². The van der Waals surface area contributed by atoms with Crippen LogP contribution in [-0.4, -0.2) is 25.8 Å². The zero-order valence-corrected chi connectivity index (χ0v) is 11.0. The molecule has 0 spiro atoms. The number of rotatable bonds is 10. The van der Waals surface area contributed by atoms with Crippen molar-refractivity contribution in [3.8, 4) is 0 Å². The van der Waals surface area contributed by atoms with E-state index in [1.165, 1.54) is 25.7 Å². The molecular weight excluding hydrogens is 186 g/mol. The maximum absolute atomic E-state index is 5.37. The second-order valence-electron chi connectivity index (χ2n) is 4.25. The van der Waals surface area contributed by atoms with Crippen molar-refractivity contribution in [2.24, 2.45) is 5.92 Å². The Morgan fingerprint density at radius 2 is 1.93 bits per heavy atom. The van der Waals surface area contributed by atoms with Gasteiger partial charge in [0.25, 0.3) is 0 Å². The molecule has 0 saturated heterocycles. The van der Waals surface area contributed by atoms with Crippen molar-refractivity contribution >= 4 is 0 Å². The van der Waals surface area contributed by atoms with Crippen LogP contribution in [0.4, 0.5) is 0 Å². The second-order valence-corrected chi connectivity index (χ2v) is 4.25. The van der Waals surface area contributed by atoms with Crippen molar-refractivity contribution in [2.75, 3.05) is 19.8 Å². The average Bonchev–Trinajstić information content (AvgIpc) is 2.26. The molecule has 0 amide bonds. The SMILES string of the molecule is CCCNC(C)C(CC)CCCOCC. The molecule has 0 aromatic rings. The van der Waals surface area contributed by atoms with Gasteiger partial charge in [0.2, 0.25) is 0 Å². The summed E-state index contributed by atoms with van der Waals surface area (Å²) in [5.41, 5.74) is 0.